The normalized spacial score (nSPS) is 18.6. The van der Waals surface area contributed by atoms with Gasteiger partial charge in [-0.2, -0.15) is 0 Å². The Morgan fingerprint density at radius 1 is 1.17 bits per heavy atom. The van der Waals surface area contributed by atoms with Crippen molar-refractivity contribution in [3.05, 3.63) is 69.2 Å². The molecule has 0 N–H and O–H groups in total. The predicted octanol–water partition coefficient (Wildman–Crippen LogP) is 5.19. The molecule has 0 fully saturated rings. The second-order valence-corrected chi connectivity index (χ2v) is 6.29. The summed E-state index contributed by atoms with van der Waals surface area (Å²) in [5, 5.41) is 5.11. The SMILES string of the molecule is CC(=O)O/N=C1\CC[C@@H](c2ccc(Cl)c(Cl)c2)c2ccccc21. The molecule has 0 spiro atoms. The number of halogens is 2. The van der Waals surface area contributed by atoms with Crippen molar-refractivity contribution in [3.8, 4) is 0 Å². The van der Waals surface area contributed by atoms with Crippen LogP contribution < -0.4 is 0 Å². The third-order valence-electron chi connectivity index (χ3n) is 3.95. The van der Waals surface area contributed by atoms with E-state index in [9.17, 15) is 4.79 Å². The molecule has 0 amide bonds. The molecule has 3 rings (SSSR count). The number of hydrogen-bond donors (Lipinski definition) is 0. The summed E-state index contributed by atoms with van der Waals surface area (Å²) in [7, 11) is 0. The zero-order valence-corrected chi connectivity index (χ0v) is 14.1. The van der Waals surface area contributed by atoms with Crippen molar-refractivity contribution in [2.24, 2.45) is 5.16 Å². The van der Waals surface area contributed by atoms with E-state index in [-0.39, 0.29) is 5.92 Å². The van der Waals surface area contributed by atoms with E-state index in [0.29, 0.717) is 10.0 Å². The Morgan fingerprint density at radius 3 is 2.70 bits per heavy atom. The van der Waals surface area contributed by atoms with Crippen LogP contribution in [0.15, 0.2) is 47.6 Å². The van der Waals surface area contributed by atoms with Gasteiger partial charge >= 0.3 is 5.97 Å². The van der Waals surface area contributed by atoms with Crippen molar-refractivity contribution in [2.45, 2.75) is 25.7 Å². The van der Waals surface area contributed by atoms with Gasteiger partial charge in [0.2, 0.25) is 0 Å². The fourth-order valence-electron chi connectivity index (χ4n) is 2.92. The molecule has 2 aromatic rings. The third-order valence-corrected chi connectivity index (χ3v) is 4.69. The molecule has 0 unspecified atom stereocenters. The van der Waals surface area contributed by atoms with Gasteiger partial charge in [-0.05, 0) is 36.1 Å². The Balaban J connectivity index is 2.01. The summed E-state index contributed by atoms with van der Waals surface area (Å²) >= 11 is 12.2. The summed E-state index contributed by atoms with van der Waals surface area (Å²) in [4.78, 5) is 15.8. The largest absolute Gasteiger partial charge is 0.331 e. The van der Waals surface area contributed by atoms with E-state index in [0.717, 1.165) is 35.2 Å². The molecule has 2 aromatic carbocycles. The van der Waals surface area contributed by atoms with E-state index in [4.69, 9.17) is 28.0 Å². The summed E-state index contributed by atoms with van der Waals surface area (Å²) in [5.41, 5.74) is 4.09. The summed E-state index contributed by atoms with van der Waals surface area (Å²) in [5.74, 6) is -0.196. The maximum absolute atomic E-state index is 11.0. The van der Waals surface area contributed by atoms with Crippen LogP contribution in [-0.4, -0.2) is 11.7 Å². The van der Waals surface area contributed by atoms with Gasteiger partial charge in [0.25, 0.3) is 0 Å². The number of rotatable bonds is 2. The first-order chi connectivity index (χ1) is 11.1. The number of hydrogen-bond acceptors (Lipinski definition) is 3. The molecule has 118 valence electrons. The lowest BCUT2D eigenvalue weighted by atomic mass is 9.78. The van der Waals surface area contributed by atoms with Crippen LogP contribution in [0.4, 0.5) is 0 Å². The topological polar surface area (TPSA) is 38.7 Å². The summed E-state index contributed by atoms with van der Waals surface area (Å²) in [6.07, 6.45) is 1.60. The quantitative estimate of drug-likeness (QED) is 0.554. The van der Waals surface area contributed by atoms with Gasteiger partial charge in [0, 0.05) is 18.4 Å². The van der Waals surface area contributed by atoms with Gasteiger partial charge in [-0.15, -0.1) is 0 Å². The zero-order valence-electron chi connectivity index (χ0n) is 12.6. The molecular weight excluding hydrogens is 333 g/mol. The van der Waals surface area contributed by atoms with Crippen molar-refractivity contribution >= 4 is 34.9 Å². The molecule has 0 radical (unpaired) electrons. The van der Waals surface area contributed by atoms with Crippen molar-refractivity contribution in [1.29, 1.82) is 0 Å². The summed E-state index contributed by atoms with van der Waals surface area (Å²) in [6, 6.07) is 13.8. The highest BCUT2D eigenvalue weighted by molar-refractivity contribution is 6.42. The molecule has 1 aliphatic rings. The Hall–Kier alpha value is -1.84. The fourth-order valence-corrected chi connectivity index (χ4v) is 3.23. The average Bonchev–Trinajstić information content (AvgIpc) is 2.55. The first kappa shape index (κ1) is 16.0. The standard InChI is InChI=1S/C18H15Cl2NO2/c1-11(22)23-21-18-9-7-13(14-4-2-3-5-15(14)18)12-6-8-16(19)17(20)10-12/h2-6,8,10,13H,7,9H2,1H3/b21-18+/t13-/m0/s1. The zero-order chi connectivity index (χ0) is 16.4. The molecule has 0 bridgehead atoms. The first-order valence-corrected chi connectivity index (χ1v) is 8.10. The Kier molecular flexibility index (Phi) is 4.69. The highest BCUT2D eigenvalue weighted by Crippen LogP contribution is 2.38. The predicted molar refractivity (Wildman–Crippen MR) is 92.3 cm³/mol. The monoisotopic (exact) mass is 347 g/mol. The molecule has 1 aliphatic carbocycles. The minimum absolute atomic E-state index is 0.220. The smallest absolute Gasteiger partial charge is 0.318 e. The van der Waals surface area contributed by atoms with Gasteiger partial charge in [0.15, 0.2) is 0 Å². The fraction of sp³-hybridized carbons (Fsp3) is 0.222. The van der Waals surface area contributed by atoms with Gasteiger partial charge in [-0.1, -0.05) is 58.7 Å². The van der Waals surface area contributed by atoms with Crippen molar-refractivity contribution < 1.29 is 9.63 Å². The maximum atomic E-state index is 11.0. The van der Waals surface area contributed by atoms with E-state index in [1.807, 2.05) is 36.4 Å². The van der Waals surface area contributed by atoms with Crippen LogP contribution in [0.1, 0.15) is 42.4 Å². The molecule has 0 aliphatic heterocycles. The Morgan fingerprint density at radius 2 is 1.96 bits per heavy atom. The van der Waals surface area contributed by atoms with Gasteiger partial charge in [-0.25, -0.2) is 4.79 Å². The van der Waals surface area contributed by atoms with Crippen LogP contribution >= 0.6 is 23.2 Å². The van der Waals surface area contributed by atoms with Crippen LogP contribution in [0.25, 0.3) is 0 Å². The van der Waals surface area contributed by atoms with E-state index in [2.05, 4.69) is 11.2 Å². The Labute approximate surface area is 144 Å². The first-order valence-electron chi connectivity index (χ1n) is 7.35. The lowest BCUT2D eigenvalue weighted by Crippen LogP contribution is -2.18. The van der Waals surface area contributed by atoms with E-state index >= 15 is 0 Å². The van der Waals surface area contributed by atoms with Gasteiger partial charge in [-0.3, -0.25) is 0 Å². The summed E-state index contributed by atoms with van der Waals surface area (Å²) < 4.78 is 0. The van der Waals surface area contributed by atoms with Crippen molar-refractivity contribution in [1.82, 2.24) is 0 Å². The number of carbonyl (C=O) groups excluding carboxylic acids is 1. The molecule has 0 saturated heterocycles. The molecule has 0 aromatic heterocycles. The number of carbonyl (C=O) groups is 1. The van der Waals surface area contributed by atoms with Gasteiger partial charge < -0.3 is 4.84 Å². The van der Waals surface area contributed by atoms with E-state index in [1.165, 1.54) is 6.92 Å². The minimum atomic E-state index is -0.415. The molecule has 0 heterocycles. The van der Waals surface area contributed by atoms with E-state index in [1.54, 1.807) is 0 Å². The maximum Gasteiger partial charge on any atom is 0.331 e. The van der Waals surface area contributed by atoms with Crippen molar-refractivity contribution in [3.63, 3.8) is 0 Å². The van der Waals surface area contributed by atoms with E-state index < -0.39 is 5.97 Å². The molecule has 0 saturated carbocycles. The lowest BCUT2D eigenvalue weighted by molar-refractivity contribution is -0.140. The third kappa shape index (κ3) is 3.41. The van der Waals surface area contributed by atoms with Crippen LogP contribution in [-0.2, 0) is 9.63 Å². The van der Waals surface area contributed by atoms with Crippen molar-refractivity contribution in [2.75, 3.05) is 0 Å². The van der Waals surface area contributed by atoms with Crippen LogP contribution in [0.5, 0.6) is 0 Å². The van der Waals surface area contributed by atoms with Crippen LogP contribution in [0.3, 0.4) is 0 Å². The van der Waals surface area contributed by atoms with Crippen LogP contribution in [0.2, 0.25) is 10.0 Å². The Bertz CT molecular complexity index is 786. The molecule has 3 nitrogen and oxygen atoms in total. The average molecular weight is 348 g/mol. The van der Waals surface area contributed by atoms with Gasteiger partial charge in [0.1, 0.15) is 0 Å². The molecular formula is C18H15Cl2NO2. The number of oxime groups is 1. The molecule has 5 heteroatoms. The number of benzene rings is 2. The number of fused-ring (bicyclic) bond motifs is 1. The molecule has 1 atom stereocenters. The van der Waals surface area contributed by atoms with Gasteiger partial charge in [0.05, 0.1) is 15.8 Å². The second kappa shape index (κ2) is 6.73. The highest BCUT2D eigenvalue weighted by atomic mass is 35.5. The summed E-state index contributed by atoms with van der Waals surface area (Å²) in [6.45, 7) is 1.34. The highest BCUT2D eigenvalue weighted by Gasteiger charge is 2.26. The minimum Gasteiger partial charge on any atom is -0.318 e. The van der Waals surface area contributed by atoms with Crippen LogP contribution in [0, 0.1) is 0 Å². The second-order valence-electron chi connectivity index (χ2n) is 5.47. The lowest BCUT2D eigenvalue weighted by Gasteiger charge is -2.26. The molecule has 23 heavy (non-hydrogen) atoms. The number of nitrogens with zero attached hydrogens (tertiary/aromatic N) is 1.